The standard InChI is InChI=1S/C61H60FN3O/c1-39(2)53-33-56(44-15-10-8-11-16-44)63-36-46(53)24-21-41-29-42(22-25-47-37-64-57(34-54(47)40(3)4)45-17-12-9-13-18-45)31-43(30-41)23-26-48-38-65-58(35-55(48)61(5,6)7)52-20-14-19-51-50-28-27-49(62)32-59(50)66-60(51)52/h8-20,27-40H,21-26H2,1-7H3/i21D2,22D2,23D2,24D2,25D2,26D2. The van der Waals surface area contributed by atoms with E-state index in [4.69, 9.17) is 9.40 Å². The highest BCUT2D eigenvalue weighted by Gasteiger charge is 2.22. The molecule has 4 heterocycles. The Morgan fingerprint density at radius 2 is 1.02 bits per heavy atom. The number of fused-ring (bicyclic) bond motifs is 3. The lowest BCUT2D eigenvalue weighted by Crippen LogP contribution is -2.15. The lowest BCUT2D eigenvalue weighted by Gasteiger charge is -2.24. The second-order valence-corrected chi connectivity index (χ2v) is 18.2. The Morgan fingerprint density at radius 3 is 1.53 bits per heavy atom. The van der Waals surface area contributed by atoms with Crippen LogP contribution in [0.5, 0.6) is 0 Å². The minimum absolute atomic E-state index is 0.108. The fourth-order valence-corrected chi connectivity index (χ4v) is 8.20. The monoisotopic (exact) mass is 882 g/mol. The summed E-state index contributed by atoms with van der Waals surface area (Å²) in [5.41, 5.74) is 2.44. The molecule has 0 aliphatic heterocycles. The number of nitrogens with zero attached hydrogens (tertiary/aromatic N) is 3. The minimum atomic E-state index is -3.18. The van der Waals surface area contributed by atoms with Gasteiger partial charge in [0.05, 0.1) is 17.1 Å². The summed E-state index contributed by atoms with van der Waals surface area (Å²) < 4.78 is 138. The van der Waals surface area contributed by atoms with Crippen molar-refractivity contribution in [1.29, 1.82) is 0 Å². The Morgan fingerprint density at radius 1 is 0.515 bits per heavy atom. The molecule has 5 aromatic carbocycles. The van der Waals surface area contributed by atoms with Crippen molar-refractivity contribution < 1.29 is 25.3 Å². The molecular formula is C61H60FN3O. The third-order valence-electron chi connectivity index (χ3n) is 11.7. The van der Waals surface area contributed by atoms with Crippen LogP contribution in [0, 0.1) is 5.82 Å². The van der Waals surface area contributed by atoms with Crippen LogP contribution in [0.4, 0.5) is 4.39 Å². The van der Waals surface area contributed by atoms with Crippen LogP contribution in [0.15, 0.2) is 156 Å². The average Bonchev–Trinajstić information content (AvgIpc) is 3.89. The zero-order chi connectivity index (χ0) is 56.7. The molecule has 0 amide bonds. The van der Waals surface area contributed by atoms with Gasteiger partial charge in [0.1, 0.15) is 17.0 Å². The van der Waals surface area contributed by atoms with E-state index in [0.29, 0.717) is 61.3 Å². The van der Waals surface area contributed by atoms with Crippen molar-refractivity contribution in [2.24, 2.45) is 0 Å². The summed E-state index contributed by atoms with van der Waals surface area (Å²) in [4.78, 5) is 13.9. The average molecular weight is 882 g/mol. The lowest BCUT2D eigenvalue weighted by atomic mass is 9.82. The summed E-state index contributed by atoms with van der Waals surface area (Å²) in [6.07, 6.45) is -14.6. The molecule has 0 fully saturated rings. The van der Waals surface area contributed by atoms with Crippen molar-refractivity contribution in [1.82, 2.24) is 15.0 Å². The summed E-state index contributed by atoms with van der Waals surface area (Å²) >= 11 is 0. The molecule has 0 unspecified atom stereocenters. The largest absolute Gasteiger partial charge is 0.455 e. The molecule has 4 aromatic heterocycles. The third kappa shape index (κ3) is 9.77. The van der Waals surface area contributed by atoms with Gasteiger partial charge in [-0.25, -0.2) is 4.39 Å². The van der Waals surface area contributed by atoms with Crippen molar-refractivity contribution in [2.45, 2.75) is 104 Å². The van der Waals surface area contributed by atoms with E-state index in [9.17, 15) is 20.8 Å². The first-order valence-electron chi connectivity index (χ1n) is 28.3. The zero-order valence-corrected chi connectivity index (χ0v) is 38.2. The predicted molar refractivity (Wildman–Crippen MR) is 272 cm³/mol. The first-order chi connectivity index (χ1) is 36.4. The molecule has 0 radical (unpaired) electrons. The van der Waals surface area contributed by atoms with E-state index in [-0.39, 0.29) is 28.5 Å². The van der Waals surface area contributed by atoms with E-state index >= 15 is 0 Å². The van der Waals surface area contributed by atoms with E-state index in [1.54, 1.807) is 36.4 Å². The number of rotatable bonds is 14. The van der Waals surface area contributed by atoms with Crippen LogP contribution in [-0.4, -0.2) is 15.0 Å². The Balaban J connectivity index is 1.23. The maximum absolute atomic E-state index is 14.3. The lowest BCUT2D eigenvalue weighted by molar-refractivity contribution is 0.580. The van der Waals surface area contributed by atoms with Crippen LogP contribution in [0.3, 0.4) is 0 Å². The number of aryl methyl sites for hydroxylation is 6. The number of pyridine rings is 3. The van der Waals surface area contributed by atoms with Gasteiger partial charge in [0.25, 0.3) is 0 Å². The number of para-hydroxylation sites is 1. The topological polar surface area (TPSA) is 51.8 Å². The van der Waals surface area contributed by atoms with Gasteiger partial charge in [-0.05, 0) is 142 Å². The third-order valence-corrected chi connectivity index (χ3v) is 11.7. The fraction of sp³-hybridized carbons (Fsp3) is 0.262. The van der Waals surface area contributed by atoms with E-state index in [2.05, 4.69) is 9.97 Å². The summed E-state index contributed by atoms with van der Waals surface area (Å²) in [7, 11) is 0. The van der Waals surface area contributed by atoms with Crippen LogP contribution in [-0.2, 0) is 43.7 Å². The normalized spacial score (nSPS) is 16.0. The minimum Gasteiger partial charge on any atom is -0.455 e. The molecule has 0 saturated heterocycles. The second-order valence-electron chi connectivity index (χ2n) is 18.2. The van der Waals surface area contributed by atoms with Gasteiger partial charge in [-0.15, -0.1) is 0 Å². The fourth-order valence-electron chi connectivity index (χ4n) is 8.20. The van der Waals surface area contributed by atoms with E-state index < -0.39 is 66.2 Å². The number of furan rings is 1. The van der Waals surface area contributed by atoms with Crippen LogP contribution in [0.1, 0.15) is 127 Å². The molecule has 9 aromatic rings. The summed E-state index contributed by atoms with van der Waals surface area (Å²) in [6, 6.07) is 36.3. The Kier molecular flexibility index (Phi) is 9.23. The molecule has 0 aliphatic rings. The van der Waals surface area contributed by atoms with Crippen LogP contribution in [0.2, 0.25) is 0 Å². The molecule has 5 heteroatoms. The van der Waals surface area contributed by atoms with Gasteiger partial charge in [0, 0.05) is 68.6 Å². The first-order valence-corrected chi connectivity index (χ1v) is 22.3. The SMILES string of the molecule is [2H]C([2H])(c1cc(C([2H])([2H])C([2H])([2H])c2cnc(-c3ccccc3)cc2C(C)C)cc(C([2H])([2H])C([2H])([2H])c2cnc(-c3cccc4c3oc3cc(F)ccc34)cc2C(C)(C)C)c1)C([2H])([2H])c1cnc(-c2ccccc2)cc1C(C)C. The van der Waals surface area contributed by atoms with Crippen LogP contribution >= 0.6 is 0 Å². The molecule has 0 atom stereocenters. The highest BCUT2D eigenvalue weighted by Crippen LogP contribution is 2.38. The summed E-state index contributed by atoms with van der Waals surface area (Å²) in [5, 5.41) is 1.38. The van der Waals surface area contributed by atoms with Gasteiger partial charge in [-0.1, -0.05) is 139 Å². The molecule has 0 bridgehead atoms. The van der Waals surface area contributed by atoms with E-state index in [1.165, 1.54) is 30.7 Å². The number of halogens is 1. The number of hydrogen-bond acceptors (Lipinski definition) is 4. The van der Waals surface area contributed by atoms with Crippen molar-refractivity contribution in [3.63, 3.8) is 0 Å². The molecule has 66 heavy (non-hydrogen) atoms. The van der Waals surface area contributed by atoms with Gasteiger partial charge in [-0.2, -0.15) is 0 Å². The van der Waals surface area contributed by atoms with Crippen LogP contribution in [0.25, 0.3) is 55.7 Å². The molecule has 0 aliphatic carbocycles. The summed E-state index contributed by atoms with van der Waals surface area (Å²) in [6.45, 7) is 12.9. The summed E-state index contributed by atoms with van der Waals surface area (Å²) in [5.74, 6) is -1.16. The van der Waals surface area contributed by atoms with Gasteiger partial charge in [0.15, 0.2) is 0 Å². The first kappa shape index (κ1) is 32.0. The number of benzene rings is 5. The predicted octanol–water partition coefficient (Wildman–Crippen LogP) is 15.8. The molecule has 0 N–H and O–H groups in total. The van der Waals surface area contributed by atoms with Crippen molar-refractivity contribution >= 4 is 21.9 Å². The highest BCUT2D eigenvalue weighted by molar-refractivity contribution is 6.09. The van der Waals surface area contributed by atoms with Gasteiger partial charge in [-0.3, -0.25) is 15.0 Å². The Hall–Kier alpha value is -6.72. The smallest absolute Gasteiger partial charge is 0.144 e. The second kappa shape index (κ2) is 19.0. The molecular weight excluding hydrogens is 810 g/mol. The molecule has 4 nitrogen and oxygen atoms in total. The maximum Gasteiger partial charge on any atom is 0.144 e. The quantitative estimate of drug-likeness (QED) is 0.109. The Labute approximate surface area is 406 Å². The molecule has 0 saturated carbocycles. The van der Waals surface area contributed by atoms with E-state index in [1.807, 2.05) is 115 Å². The molecule has 9 rings (SSSR count). The van der Waals surface area contributed by atoms with Gasteiger partial charge >= 0.3 is 0 Å². The number of hydrogen-bond donors (Lipinski definition) is 0. The Bertz CT molecular complexity index is 3580. The van der Waals surface area contributed by atoms with Crippen LogP contribution < -0.4 is 0 Å². The molecule has 0 spiro atoms. The van der Waals surface area contributed by atoms with E-state index in [0.717, 1.165) is 29.3 Å². The maximum atomic E-state index is 14.3. The zero-order valence-electron chi connectivity index (χ0n) is 50.2. The van der Waals surface area contributed by atoms with Crippen molar-refractivity contribution in [2.75, 3.05) is 0 Å². The van der Waals surface area contributed by atoms with Crippen molar-refractivity contribution in [3.05, 3.63) is 208 Å². The van der Waals surface area contributed by atoms with Gasteiger partial charge < -0.3 is 4.42 Å². The van der Waals surface area contributed by atoms with Crippen molar-refractivity contribution in [3.8, 4) is 33.8 Å². The van der Waals surface area contributed by atoms with Gasteiger partial charge in [0.2, 0.25) is 0 Å². The highest BCUT2D eigenvalue weighted by atomic mass is 19.1. The molecule has 332 valence electrons. The number of aromatic nitrogens is 3.